The molecule has 0 bridgehead atoms. The first-order chi connectivity index (χ1) is 6.09. The second kappa shape index (κ2) is 3.81. The van der Waals surface area contributed by atoms with Gasteiger partial charge >= 0.3 is 0 Å². The number of hydrazine groups is 1. The van der Waals surface area contributed by atoms with Crippen molar-refractivity contribution in [3.8, 4) is 0 Å². The number of rotatable bonds is 3. The molecule has 1 aromatic heterocycles. The Morgan fingerprint density at radius 1 is 1.46 bits per heavy atom. The Hall–Kier alpha value is -1.69. The molecule has 0 fully saturated rings. The van der Waals surface area contributed by atoms with Gasteiger partial charge in [-0.25, -0.2) is 5.01 Å². The molecular formula is C7H11N5O. The first-order valence-corrected chi connectivity index (χ1v) is 3.67. The van der Waals surface area contributed by atoms with Crippen LogP contribution in [-0.4, -0.2) is 35.2 Å². The Morgan fingerprint density at radius 2 is 2.15 bits per heavy atom. The zero-order valence-electron chi connectivity index (χ0n) is 7.48. The molecule has 1 aromatic rings. The highest BCUT2D eigenvalue weighted by atomic mass is 16.1. The minimum Gasteiger partial charge on any atom is -0.364 e. The molecule has 0 aliphatic rings. The summed E-state index contributed by atoms with van der Waals surface area (Å²) in [5, 5.41) is 9.07. The van der Waals surface area contributed by atoms with E-state index in [1.54, 1.807) is 11.1 Å². The highest BCUT2D eigenvalue weighted by Crippen LogP contribution is 2.00. The van der Waals surface area contributed by atoms with E-state index in [9.17, 15) is 4.79 Å². The molecule has 0 radical (unpaired) electrons. The SMILES string of the molecule is CN(C)Nc1ccc(C(N)=O)nn1. The smallest absolute Gasteiger partial charge is 0.269 e. The van der Waals surface area contributed by atoms with E-state index in [0.29, 0.717) is 5.82 Å². The highest BCUT2D eigenvalue weighted by molar-refractivity contribution is 5.90. The third kappa shape index (κ3) is 2.68. The standard InChI is InChI=1S/C7H11N5O/c1-12(2)11-6-4-3-5(7(8)13)9-10-6/h3-4H,1-2H3,(H2,8,13)(H,10,11). The van der Waals surface area contributed by atoms with Crippen LogP contribution in [0.1, 0.15) is 10.5 Å². The molecule has 0 saturated heterocycles. The Kier molecular flexibility index (Phi) is 2.76. The van der Waals surface area contributed by atoms with Crippen molar-refractivity contribution in [2.45, 2.75) is 0 Å². The van der Waals surface area contributed by atoms with Crippen LogP contribution in [0.3, 0.4) is 0 Å². The van der Waals surface area contributed by atoms with Crippen molar-refractivity contribution in [1.82, 2.24) is 15.2 Å². The number of nitrogens with zero attached hydrogens (tertiary/aromatic N) is 3. The fourth-order valence-electron chi connectivity index (χ4n) is 0.752. The van der Waals surface area contributed by atoms with Gasteiger partial charge in [0, 0.05) is 14.1 Å². The summed E-state index contributed by atoms with van der Waals surface area (Å²) in [7, 11) is 3.65. The summed E-state index contributed by atoms with van der Waals surface area (Å²) in [6, 6.07) is 3.15. The zero-order valence-corrected chi connectivity index (χ0v) is 7.48. The van der Waals surface area contributed by atoms with E-state index in [4.69, 9.17) is 5.73 Å². The number of nitrogens with two attached hydrogens (primary N) is 1. The third-order valence-corrected chi connectivity index (χ3v) is 1.26. The normalized spacial score (nSPS) is 10.1. The summed E-state index contributed by atoms with van der Waals surface area (Å²) in [5.41, 5.74) is 8.03. The van der Waals surface area contributed by atoms with Crippen LogP contribution in [0, 0.1) is 0 Å². The van der Waals surface area contributed by atoms with Crippen LogP contribution in [0.2, 0.25) is 0 Å². The minimum atomic E-state index is -0.580. The number of anilines is 1. The van der Waals surface area contributed by atoms with E-state index in [0.717, 1.165) is 0 Å². The average molecular weight is 181 g/mol. The number of carbonyl (C=O) groups excluding carboxylic acids is 1. The monoisotopic (exact) mass is 181 g/mol. The van der Waals surface area contributed by atoms with Gasteiger partial charge in [-0.1, -0.05) is 0 Å². The fourth-order valence-corrected chi connectivity index (χ4v) is 0.752. The van der Waals surface area contributed by atoms with Gasteiger partial charge in [-0.2, -0.15) is 0 Å². The van der Waals surface area contributed by atoms with Crippen molar-refractivity contribution >= 4 is 11.7 Å². The molecule has 1 amide bonds. The zero-order chi connectivity index (χ0) is 9.84. The molecule has 0 spiro atoms. The van der Waals surface area contributed by atoms with Gasteiger partial charge in [-0.15, -0.1) is 10.2 Å². The molecule has 3 N–H and O–H groups in total. The molecule has 0 atom stereocenters. The molecule has 1 heterocycles. The number of carbonyl (C=O) groups is 1. The summed E-state index contributed by atoms with van der Waals surface area (Å²) < 4.78 is 0. The third-order valence-electron chi connectivity index (χ3n) is 1.26. The van der Waals surface area contributed by atoms with Crippen LogP contribution < -0.4 is 11.2 Å². The van der Waals surface area contributed by atoms with E-state index in [1.807, 2.05) is 14.1 Å². The van der Waals surface area contributed by atoms with E-state index in [1.165, 1.54) is 6.07 Å². The predicted molar refractivity (Wildman–Crippen MR) is 47.9 cm³/mol. The molecule has 1 rings (SSSR count). The fraction of sp³-hybridized carbons (Fsp3) is 0.286. The van der Waals surface area contributed by atoms with Gasteiger partial charge in [-0.3, -0.25) is 4.79 Å². The number of amides is 1. The van der Waals surface area contributed by atoms with Gasteiger partial charge in [0.25, 0.3) is 5.91 Å². The number of hydrogen-bond acceptors (Lipinski definition) is 5. The van der Waals surface area contributed by atoms with Crippen molar-refractivity contribution in [3.05, 3.63) is 17.8 Å². The molecule has 13 heavy (non-hydrogen) atoms. The lowest BCUT2D eigenvalue weighted by atomic mass is 10.4. The number of aromatic nitrogens is 2. The lowest BCUT2D eigenvalue weighted by Gasteiger charge is -2.11. The van der Waals surface area contributed by atoms with Crippen LogP contribution >= 0.6 is 0 Å². The van der Waals surface area contributed by atoms with Gasteiger partial charge in [0.05, 0.1) is 0 Å². The van der Waals surface area contributed by atoms with E-state index < -0.39 is 5.91 Å². The Balaban J connectivity index is 2.75. The molecular weight excluding hydrogens is 170 g/mol. The van der Waals surface area contributed by atoms with Crippen molar-refractivity contribution < 1.29 is 4.79 Å². The summed E-state index contributed by atoms with van der Waals surface area (Å²) in [6.07, 6.45) is 0. The highest BCUT2D eigenvalue weighted by Gasteiger charge is 2.02. The van der Waals surface area contributed by atoms with Crippen molar-refractivity contribution in [3.63, 3.8) is 0 Å². The van der Waals surface area contributed by atoms with Crippen LogP contribution in [0.25, 0.3) is 0 Å². The quantitative estimate of drug-likeness (QED) is 0.612. The molecule has 0 aliphatic heterocycles. The number of nitrogens with one attached hydrogen (secondary N) is 1. The van der Waals surface area contributed by atoms with Crippen molar-refractivity contribution in [2.75, 3.05) is 19.5 Å². The average Bonchev–Trinajstić information content (AvgIpc) is 2.04. The first-order valence-electron chi connectivity index (χ1n) is 3.67. The molecule has 70 valence electrons. The number of primary amides is 1. The summed E-state index contributed by atoms with van der Waals surface area (Å²) in [6.45, 7) is 0. The molecule has 6 nitrogen and oxygen atoms in total. The topological polar surface area (TPSA) is 84.1 Å². The maximum absolute atomic E-state index is 10.6. The largest absolute Gasteiger partial charge is 0.364 e. The molecule has 0 aromatic carbocycles. The lowest BCUT2D eigenvalue weighted by molar-refractivity contribution is 0.0994. The Bertz CT molecular complexity index is 294. The predicted octanol–water partition coefficient (Wildman–Crippen LogP) is -0.536. The van der Waals surface area contributed by atoms with Gasteiger partial charge in [0.2, 0.25) is 0 Å². The van der Waals surface area contributed by atoms with Crippen LogP contribution in [0.15, 0.2) is 12.1 Å². The van der Waals surface area contributed by atoms with Crippen molar-refractivity contribution in [1.29, 1.82) is 0 Å². The molecule has 0 aliphatic carbocycles. The van der Waals surface area contributed by atoms with Crippen molar-refractivity contribution in [2.24, 2.45) is 5.73 Å². The van der Waals surface area contributed by atoms with E-state index >= 15 is 0 Å². The molecule has 0 unspecified atom stereocenters. The summed E-state index contributed by atoms with van der Waals surface area (Å²) >= 11 is 0. The summed E-state index contributed by atoms with van der Waals surface area (Å²) in [4.78, 5) is 10.6. The molecule has 0 saturated carbocycles. The Labute approximate surface area is 75.7 Å². The van der Waals surface area contributed by atoms with Crippen LogP contribution in [-0.2, 0) is 0 Å². The first kappa shape index (κ1) is 9.40. The Morgan fingerprint density at radius 3 is 2.54 bits per heavy atom. The second-order valence-electron chi connectivity index (χ2n) is 2.67. The van der Waals surface area contributed by atoms with Gasteiger partial charge < -0.3 is 11.2 Å². The second-order valence-corrected chi connectivity index (χ2v) is 2.67. The van der Waals surface area contributed by atoms with E-state index in [2.05, 4.69) is 15.6 Å². The lowest BCUT2D eigenvalue weighted by Crippen LogP contribution is -2.21. The van der Waals surface area contributed by atoms with Gasteiger partial charge in [-0.05, 0) is 12.1 Å². The van der Waals surface area contributed by atoms with Gasteiger partial charge in [0.1, 0.15) is 0 Å². The van der Waals surface area contributed by atoms with Gasteiger partial charge in [0.15, 0.2) is 11.5 Å². The van der Waals surface area contributed by atoms with Crippen LogP contribution in [0.5, 0.6) is 0 Å². The maximum Gasteiger partial charge on any atom is 0.269 e. The maximum atomic E-state index is 10.6. The van der Waals surface area contributed by atoms with E-state index in [-0.39, 0.29) is 5.69 Å². The van der Waals surface area contributed by atoms with Crippen LogP contribution in [0.4, 0.5) is 5.82 Å². The minimum absolute atomic E-state index is 0.157. The number of hydrogen-bond donors (Lipinski definition) is 2. The molecule has 6 heteroatoms. The summed E-state index contributed by atoms with van der Waals surface area (Å²) in [5.74, 6) is -0.0149.